The van der Waals surface area contributed by atoms with Crippen molar-refractivity contribution in [3.8, 4) is 0 Å². The van der Waals surface area contributed by atoms with E-state index in [1.807, 2.05) is 38.8 Å². The molecule has 0 saturated carbocycles. The lowest BCUT2D eigenvalue weighted by Gasteiger charge is -2.27. The molecule has 0 heterocycles. The highest BCUT2D eigenvalue weighted by atomic mass is 32.2. The molecule has 0 unspecified atom stereocenters. The Kier molecular flexibility index (Phi) is 6.96. The Balaban J connectivity index is 2.72. The first-order chi connectivity index (χ1) is 10.1. The van der Waals surface area contributed by atoms with Crippen molar-refractivity contribution in [2.45, 2.75) is 43.9 Å². The largest absolute Gasteiger partial charge is 0.389 e. The second kappa shape index (κ2) is 8.03. The number of aliphatic hydroxyl groups excluding tert-OH is 1. The van der Waals surface area contributed by atoms with Gasteiger partial charge in [-0.25, -0.2) is 13.6 Å². The Hall–Kier alpha value is -0.990. The van der Waals surface area contributed by atoms with Gasteiger partial charge in [-0.2, -0.15) is 0 Å². The molecule has 126 valence electrons. The van der Waals surface area contributed by atoms with Crippen molar-refractivity contribution in [1.29, 1.82) is 0 Å². The Bertz CT molecular complexity index is 575. The molecule has 2 atom stereocenters. The summed E-state index contributed by atoms with van der Waals surface area (Å²) in [5, 5.41) is 15.1. The number of ether oxygens (including phenoxy) is 1. The van der Waals surface area contributed by atoms with Crippen molar-refractivity contribution >= 4 is 10.0 Å². The zero-order valence-electron chi connectivity index (χ0n) is 13.6. The number of benzene rings is 1. The fourth-order valence-electron chi connectivity index (χ4n) is 2.05. The van der Waals surface area contributed by atoms with Crippen molar-refractivity contribution in [2.24, 2.45) is 5.14 Å². The maximum Gasteiger partial charge on any atom is 0.238 e. The lowest BCUT2D eigenvalue weighted by molar-refractivity contribution is -0.00950. The average Bonchev–Trinajstić information content (AvgIpc) is 2.43. The van der Waals surface area contributed by atoms with Gasteiger partial charge >= 0.3 is 0 Å². The zero-order chi connectivity index (χ0) is 16.9. The number of primary sulfonamides is 1. The summed E-state index contributed by atoms with van der Waals surface area (Å²) < 4.78 is 28.2. The highest BCUT2D eigenvalue weighted by Gasteiger charge is 2.17. The number of hydrogen-bond acceptors (Lipinski definition) is 5. The molecule has 0 spiro atoms. The van der Waals surface area contributed by atoms with Crippen LogP contribution in [0, 0.1) is 0 Å². The minimum Gasteiger partial charge on any atom is -0.389 e. The van der Waals surface area contributed by atoms with E-state index in [1.54, 1.807) is 12.1 Å². The molecule has 0 bridgehead atoms. The van der Waals surface area contributed by atoms with E-state index >= 15 is 0 Å². The van der Waals surface area contributed by atoms with Gasteiger partial charge in [0.1, 0.15) is 0 Å². The van der Waals surface area contributed by atoms with E-state index in [9.17, 15) is 13.5 Å². The fraction of sp³-hybridized carbons (Fsp3) is 0.600. The monoisotopic (exact) mass is 330 g/mol. The van der Waals surface area contributed by atoms with Gasteiger partial charge in [0.2, 0.25) is 10.0 Å². The number of nitrogens with zero attached hydrogens (tertiary/aromatic N) is 1. The van der Waals surface area contributed by atoms with Gasteiger partial charge in [0.15, 0.2) is 0 Å². The van der Waals surface area contributed by atoms with Crippen molar-refractivity contribution in [2.75, 3.05) is 20.2 Å². The first kappa shape index (κ1) is 19.1. The lowest BCUT2D eigenvalue weighted by Crippen LogP contribution is -2.34. The molecule has 22 heavy (non-hydrogen) atoms. The topological polar surface area (TPSA) is 92.9 Å². The van der Waals surface area contributed by atoms with Crippen LogP contribution in [-0.4, -0.2) is 50.8 Å². The second-order valence-corrected chi connectivity index (χ2v) is 7.33. The van der Waals surface area contributed by atoms with Crippen LogP contribution in [0.5, 0.6) is 0 Å². The highest BCUT2D eigenvalue weighted by Crippen LogP contribution is 2.21. The molecule has 0 aliphatic heterocycles. The van der Waals surface area contributed by atoms with Gasteiger partial charge in [0, 0.05) is 12.6 Å². The molecule has 0 radical (unpaired) electrons. The van der Waals surface area contributed by atoms with Gasteiger partial charge in [-0.05, 0) is 45.5 Å². The number of sulfonamides is 1. The molecule has 1 aromatic rings. The van der Waals surface area contributed by atoms with E-state index in [0.717, 1.165) is 5.56 Å². The quantitative estimate of drug-likeness (QED) is 0.745. The molecule has 0 amide bonds. The Morgan fingerprint density at radius 3 is 2.50 bits per heavy atom. The van der Waals surface area contributed by atoms with Crippen LogP contribution in [0.25, 0.3) is 0 Å². The average molecular weight is 330 g/mol. The summed E-state index contributed by atoms with van der Waals surface area (Å²) in [5.74, 6) is 0. The summed E-state index contributed by atoms with van der Waals surface area (Å²) in [6.07, 6.45) is -0.528. The fourth-order valence-corrected chi connectivity index (χ4v) is 2.62. The summed E-state index contributed by atoms with van der Waals surface area (Å²) in [6, 6.07) is 6.48. The van der Waals surface area contributed by atoms with Gasteiger partial charge in [-0.3, -0.25) is 4.90 Å². The summed E-state index contributed by atoms with van der Waals surface area (Å²) in [5.41, 5.74) is 0.825. The van der Waals surface area contributed by atoms with Crippen LogP contribution in [0.4, 0.5) is 0 Å². The van der Waals surface area contributed by atoms with E-state index in [2.05, 4.69) is 0 Å². The molecule has 3 N–H and O–H groups in total. The molecule has 1 aromatic carbocycles. The first-order valence-corrected chi connectivity index (χ1v) is 8.78. The van der Waals surface area contributed by atoms with Gasteiger partial charge in [-0.1, -0.05) is 12.1 Å². The van der Waals surface area contributed by atoms with Gasteiger partial charge < -0.3 is 9.84 Å². The number of aliphatic hydroxyl groups is 1. The number of hydrogen-bond donors (Lipinski definition) is 2. The molecule has 0 aliphatic rings. The van der Waals surface area contributed by atoms with Gasteiger partial charge in [0.05, 0.1) is 23.7 Å². The highest BCUT2D eigenvalue weighted by molar-refractivity contribution is 7.89. The van der Waals surface area contributed by atoms with Crippen LogP contribution >= 0.6 is 0 Å². The lowest BCUT2D eigenvalue weighted by atomic mass is 10.1. The Labute approximate surface area is 132 Å². The van der Waals surface area contributed by atoms with E-state index in [4.69, 9.17) is 9.88 Å². The predicted molar refractivity (Wildman–Crippen MR) is 86.0 cm³/mol. The molecule has 1 rings (SSSR count). The molecule has 0 fully saturated rings. The molecule has 0 saturated heterocycles. The van der Waals surface area contributed by atoms with Crippen molar-refractivity contribution in [1.82, 2.24) is 4.90 Å². The summed E-state index contributed by atoms with van der Waals surface area (Å²) in [4.78, 5) is 2.03. The van der Waals surface area contributed by atoms with Crippen LogP contribution in [0.15, 0.2) is 29.2 Å². The molecular weight excluding hydrogens is 304 g/mol. The standard InChI is InChI=1S/C15H26N2O4S/c1-11(2)21-10-14(18)9-17(4)12(3)13-6-5-7-15(8-13)22(16,19)20/h5-8,11-12,14,18H,9-10H2,1-4H3,(H2,16,19,20)/t12-,14+/m1/s1. The first-order valence-electron chi connectivity index (χ1n) is 7.24. The maximum atomic E-state index is 11.4. The normalized spacial score (nSPS) is 15.3. The number of nitrogens with two attached hydrogens (primary N) is 1. The minimum absolute atomic E-state index is 0.0598. The molecule has 7 heteroatoms. The number of rotatable bonds is 8. The van der Waals surface area contributed by atoms with Crippen molar-refractivity contribution < 1.29 is 18.3 Å². The Morgan fingerprint density at radius 2 is 1.95 bits per heavy atom. The van der Waals surface area contributed by atoms with E-state index < -0.39 is 16.1 Å². The van der Waals surface area contributed by atoms with E-state index in [0.29, 0.717) is 6.54 Å². The summed E-state index contributed by atoms with van der Waals surface area (Å²) in [6.45, 7) is 6.47. The van der Waals surface area contributed by atoms with Crippen molar-refractivity contribution in [3.63, 3.8) is 0 Å². The van der Waals surface area contributed by atoms with Gasteiger partial charge in [-0.15, -0.1) is 0 Å². The molecule has 0 aromatic heterocycles. The van der Waals surface area contributed by atoms with E-state index in [1.165, 1.54) is 6.07 Å². The van der Waals surface area contributed by atoms with Gasteiger partial charge in [0.25, 0.3) is 0 Å². The molecule has 6 nitrogen and oxygen atoms in total. The molecular formula is C15H26N2O4S. The summed E-state index contributed by atoms with van der Waals surface area (Å²) in [7, 11) is -1.85. The second-order valence-electron chi connectivity index (χ2n) is 5.77. The molecule has 0 aliphatic carbocycles. The third-order valence-corrected chi connectivity index (χ3v) is 4.36. The third-order valence-electron chi connectivity index (χ3n) is 3.45. The van der Waals surface area contributed by atoms with E-state index in [-0.39, 0.29) is 23.6 Å². The summed E-state index contributed by atoms with van der Waals surface area (Å²) >= 11 is 0. The van der Waals surface area contributed by atoms with Crippen molar-refractivity contribution in [3.05, 3.63) is 29.8 Å². The van der Waals surface area contributed by atoms with Crippen LogP contribution in [0.1, 0.15) is 32.4 Å². The SMILES string of the molecule is CC(C)OC[C@@H](O)CN(C)[C@H](C)c1cccc(S(N)(=O)=O)c1. The van der Waals surface area contributed by atoms with Crippen LogP contribution in [-0.2, 0) is 14.8 Å². The smallest absolute Gasteiger partial charge is 0.238 e. The van der Waals surface area contributed by atoms with Crippen LogP contribution < -0.4 is 5.14 Å². The zero-order valence-corrected chi connectivity index (χ0v) is 14.4. The third kappa shape index (κ3) is 6.02. The van der Waals surface area contributed by atoms with Crippen LogP contribution in [0.3, 0.4) is 0 Å². The Morgan fingerprint density at radius 1 is 1.32 bits per heavy atom. The number of likely N-dealkylation sites (N-methyl/N-ethyl adjacent to an activating group) is 1. The maximum absolute atomic E-state index is 11.4. The van der Waals surface area contributed by atoms with Crippen LogP contribution in [0.2, 0.25) is 0 Å². The predicted octanol–water partition coefficient (Wildman–Crippen LogP) is 1.11. The minimum atomic E-state index is -3.71.